The Balaban J connectivity index is 1.72. The van der Waals surface area contributed by atoms with Crippen molar-refractivity contribution in [1.29, 1.82) is 0 Å². The second-order valence-electron chi connectivity index (χ2n) is 5.85. The standard InChI is InChI=1S/C17H14F2N4O/c1-9-6-14-15(16-20-4-5-23(9)16)11(8-21-14)17(24)22-13-7-10(18)2-3-12(13)19/h2-5,7-9,21H,6H2,1H3,(H,22,24)/t9-/m1/s1. The summed E-state index contributed by atoms with van der Waals surface area (Å²) < 4.78 is 29.0. The fourth-order valence-electron chi connectivity index (χ4n) is 3.10. The van der Waals surface area contributed by atoms with Gasteiger partial charge in [-0.25, -0.2) is 13.8 Å². The third-order valence-corrected chi connectivity index (χ3v) is 4.25. The summed E-state index contributed by atoms with van der Waals surface area (Å²) in [4.78, 5) is 20.0. The van der Waals surface area contributed by atoms with Gasteiger partial charge in [-0.05, 0) is 19.1 Å². The highest BCUT2D eigenvalue weighted by Gasteiger charge is 2.28. The zero-order valence-corrected chi connectivity index (χ0v) is 12.8. The van der Waals surface area contributed by atoms with Crippen molar-refractivity contribution in [3.8, 4) is 11.4 Å². The van der Waals surface area contributed by atoms with Crippen LogP contribution in [0.3, 0.4) is 0 Å². The third kappa shape index (κ3) is 2.20. The van der Waals surface area contributed by atoms with Crippen LogP contribution in [0.4, 0.5) is 14.5 Å². The predicted octanol–water partition coefficient (Wildman–Crippen LogP) is 3.53. The number of carbonyl (C=O) groups excluding carboxylic acids is 1. The van der Waals surface area contributed by atoms with Gasteiger partial charge >= 0.3 is 0 Å². The molecule has 24 heavy (non-hydrogen) atoms. The van der Waals surface area contributed by atoms with Crippen LogP contribution >= 0.6 is 0 Å². The summed E-state index contributed by atoms with van der Waals surface area (Å²) in [6, 6.07) is 3.16. The van der Waals surface area contributed by atoms with Gasteiger partial charge in [0.2, 0.25) is 0 Å². The molecule has 5 nitrogen and oxygen atoms in total. The Kier molecular flexibility index (Phi) is 3.23. The SMILES string of the molecule is C[C@@H]1Cc2[nH]cc(C(=O)Nc3cc(F)ccc3F)c2-c2nccn21. The molecular formula is C17H14F2N4O. The number of anilines is 1. The molecule has 1 aromatic carbocycles. The van der Waals surface area contributed by atoms with Gasteiger partial charge < -0.3 is 14.9 Å². The van der Waals surface area contributed by atoms with E-state index in [1.165, 1.54) is 0 Å². The lowest BCUT2D eigenvalue weighted by atomic mass is 10.0. The van der Waals surface area contributed by atoms with Crippen LogP contribution in [-0.2, 0) is 6.42 Å². The van der Waals surface area contributed by atoms with Gasteiger partial charge in [0.05, 0.1) is 16.8 Å². The lowest BCUT2D eigenvalue weighted by Crippen LogP contribution is -2.18. The van der Waals surface area contributed by atoms with Crippen LogP contribution in [0.1, 0.15) is 29.0 Å². The summed E-state index contributed by atoms with van der Waals surface area (Å²) in [5, 5.41) is 2.43. The number of rotatable bonds is 2. The Morgan fingerprint density at radius 1 is 1.42 bits per heavy atom. The quantitative estimate of drug-likeness (QED) is 0.756. The number of aromatic nitrogens is 3. The molecule has 1 atom stereocenters. The Labute approximate surface area is 136 Å². The van der Waals surface area contributed by atoms with Gasteiger partial charge in [-0.15, -0.1) is 0 Å². The van der Waals surface area contributed by atoms with Crippen molar-refractivity contribution in [2.75, 3.05) is 5.32 Å². The normalized spacial score (nSPS) is 15.7. The van der Waals surface area contributed by atoms with E-state index in [0.717, 1.165) is 30.3 Å². The summed E-state index contributed by atoms with van der Waals surface area (Å²) >= 11 is 0. The molecule has 3 heterocycles. The molecule has 3 aromatic rings. The number of hydrogen-bond donors (Lipinski definition) is 2. The molecule has 1 aliphatic rings. The molecule has 0 aliphatic carbocycles. The summed E-state index contributed by atoms with van der Waals surface area (Å²) in [6.07, 6.45) is 5.86. The predicted molar refractivity (Wildman–Crippen MR) is 84.7 cm³/mol. The van der Waals surface area contributed by atoms with Crippen molar-refractivity contribution >= 4 is 11.6 Å². The third-order valence-electron chi connectivity index (χ3n) is 4.25. The minimum atomic E-state index is -0.690. The summed E-state index contributed by atoms with van der Waals surface area (Å²) in [6.45, 7) is 2.07. The van der Waals surface area contributed by atoms with E-state index < -0.39 is 17.5 Å². The minimum Gasteiger partial charge on any atom is -0.364 e. The van der Waals surface area contributed by atoms with Crippen LogP contribution in [0.5, 0.6) is 0 Å². The van der Waals surface area contributed by atoms with E-state index >= 15 is 0 Å². The first-order valence-electron chi connectivity index (χ1n) is 7.54. The van der Waals surface area contributed by atoms with E-state index in [2.05, 4.69) is 22.2 Å². The summed E-state index contributed by atoms with van der Waals surface area (Å²) in [7, 11) is 0. The van der Waals surface area contributed by atoms with Gasteiger partial charge in [-0.2, -0.15) is 0 Å². The van der Waals surface area contributed by atoms with Gasteiger partial charge in [0.1, 0.15) is 17.5 Å². The molecule has 0 saturated heterocycles. The molecule has 2 N–H and O–H groups in total. The van der Waals surface area contributed by atoms with E-state index in [1.807, 2.05) is 10.8 Å². The number of benzene rings is 1. The Morgan fingerprint density at radius 3 is 3.08 bits per heavy atom. The highest BCUT2D eigenvalue weighted by atomic mass is 19.1. The molecule has 0 radical (unpaired) electrons. The Morgan fingerprint density at radius 2 is 2.25 bits per heavy atom. The smallest absolute Gasteiger partial charge is 0.258 e. The van der Waals surface area contributed by atoms with Crippen LogP contribution in [0, 0.1) is 11.6 Å². The molecule has 0 unspecified atom stereocenters. The lowest BCUT2D eigenvalue weighted by molar-refractivity contribution is 0.102. The number of hydrogen-bond acceptors (Lipinski definition) is 2. The maximum Gasteiger partial charge on any atom is 0.258 e. The van der Waals surface area contributed by atoms with Gasteiger partial charge in [0.25, 0.3) is 5.91 Å². The number of amides is 1. The Hall–Kier alpha value is -2.96. The number of nitrogens with one attached hydrogen (secondary N) is 2. The van der Waals surface area contributed by atoms with Crippen molar-refractivity contribution in [2.45, 2.75) is 19.4 Å². The van der Waals surface area contributed by atoms with Crippen LogP contribution < -0.4 is 5.32 Å². The van der Waals surface area contributed by atoms with Gasteiger partial charge in [-0.3, -0.25) is 4.79 Å². The number of nitrogens with zero attached hydrogens (tertiary/aromatic N) is 2. The van der Waals surface area contributed by atoms with Crippen molar-refractivity contribution in [2.24, 2.45) is 0 Å². The van der Waals surface area contributed by atoms with Crippen LogP contribution in [0.25, 0.3) is 11.4 Å². The second-order valence-corrected chi connectivity index (χ2v) is 5.85. The average Bonchev–Trinajstić information content (AvgIpc) is 3.17. The summed E-state index contributed by atoms with van der Waals surface area (Å²) in [5.41, 5.74) is 1.77. The molecule has 122 valence electrons. The monoisotopic (exact) mass is 328 g/mol. The molecule has 0 saturated carbocycles. The van der Waals surface area contributed by atoms with E-state index in [1.54, 1.807) is 12.4 Å². The first-order chi connectivity index (χ1) is 11.5. The Bertz CT molecular complexity index is 944. The van der Waals surface area contributed by atoms with Crippen molar-refractivity contribution < 1.29 is 13.6 Å². The van der Waals surface area contributed by atoms with Gasteiger partial charge in [0, 0.05) is 42.8 Å². The topological polar surface area (TPSA) is 62.7 Å². The maximum absolute atomic E-state index is 13.7. The van der Waals surface area contributed by atoms with Crippen LogP contribution in [-0.4, -0.2) is 20.4 Å². The zero-order valence-electron chi connectivity index (χ0n) is 12.8. The average molecular weight is 328 g/mol. The second kappa shape index (κ2) is 5.30. The molecule has 0 fully saturated rings. The molecule has 1 aliphatic heterocycles. The fourth-order valence-corrected chi connectivity index (χ4v) is 3.10. The number of halogens is 2. The highest BCUT2D eigenvalue weighted by molar-refractivity contribution is 6.08. The molecule has 1 amide bonds. The maximum atomic E-state index is 13.7. The molecular weight excluding hydrogens is 314 g/mol. The van der Waals surface area contributed by atoms with Crippen molar-refractivity contribution in [1.82, 2.24) is 14.5 Å². The van der Waals surface area contributed by atoms with E-state index in [4.69, 9.17) is 0 Å². The number of imidazole rings is 1. The molecule has 4 rings (SSSR count). The minimum absolute atomic E-state index is 0.192. The van der Waals surface area contributed by atoms with Crippen molar-refractivity contribution in [3.63, 3.8) is 0 Å². The number of H-pyrrole nitrogens is 1. The van der Waals surface area contributed by atoms with Gasteiger partial charge in [0.15, 0.2) is 0 Å². The first kappa shape index (κ1) is 14.6. The number of fused-ring (bicyclic) bond motifs is 3. The van der Waals surface area contributed by atoms with E-state index in [9.17, 15) is 13.6 Å². The lowest BCUT2D eigenvalue weighted by Gasteiger charge is -2.22. The largest absolute Gasteiger partial charge is 0.364 e. The highest BCUT2D eigenvalue weighted by Crippen LogP contribution is 2.35. The van der Waals surface area contributed by atoms with E-state index in [-0.39, 0.29) is 11.7 Å². The number of carbonyl (C=O) groups is 1. The van der Waals surface area contributed by atoms with Crippen LogP contribution in [0.2, 0.25) is 0 Å². The fraction of sp³-hybridized carbons (Fsp3) is 0.176. The van der Waals surface area contributed by atoms with E-state index in [0.29, 0.717) is 17.0 Å². The molecule has 0 spiro atoms. The molecule has 0 bridgehead atoms. The zero-order chi connectivity index (χ0) is 16.8. The number of aromatic amines is 1. The molecule has 2 aromatic heterocycles. The first-order valence-corrected chi connectivity index (χ1v) is 7.54. The molecule has 7 heteroatoms. The van der Waals surface area contributed by atoms with Gasteiger partial charge in [-0.1, -0.05) is 0 Å². The summed E-state index contributed by atoms with van der Waals surface area (Å²) in [5.74, 6) is -1.13. The van der Waals surface area contributed by atoms with Crippen LogP contribution in [0.15, 0.2) is 36.8 Å². The van der Waals surface area contributed by atoms with Crippen molar-refractivity contribution in [3.05, 3.63) is 59.7 Å².